The van der Waals surface area contributed by atoms with Gasteiger partial charge < -0.3 is 15.2 Å². The molecule has 1 aromatic heterocycles. The number of amides is 1. The number of anilines is 2. The Morgan fingerprint density at radius 3 is 2.77 bits per heavy atom. The molecule has 0 saturated carbocycles. The Morgan fingerprint density at radius 1 is 1.13 bits per heavy atom. The second-order valence-corrected chi connectivity index (χ2v) is 7.34. The predicted octanol–water partition coefficient (Wildman–Crippen LogP) is 5.45. The van der Waals surface area contributed by atoms with E-state index in [2.05, 4.69) is 20.8 Å². The van der Waals surface area contributed by atoms with Crippen molar-refractivity contribution >= 4 is 46.2 Å². The van der Waals surface area contributed by atoms with Crippen molar-refractivity contribution in [1.82, 2.24) is 10.5 Å². The minimum absolute atomic E-state index is 0.0623. The molecule has 4 rings (SSSR count). The quantitative estimate of drug-likeness (QED) is 0.301. The summed E-state index contributed by atoms with van der Waals surface area (Å²) in [7, 11) is 0. The Bertz CT molecular complexity index is 1240. The lowest BCUT2D eigenvalue weighted by atomic mass is 10.0. The molecule has 3 aromatic carbocycles. The zero-order valence-corrected chi connectivity index (χ0v) is 17.7. The lowest BCUT2D eigenvalue weighted by molar-refractivity contribution is -0.118. The van der Waals surface area contributed by atoms with Crippen LogP contribution in [-0.4, -0.2) is 30.4 Å². The number of hydrogen-bond acceptors (Lipinski definition) is 5. The Morgan fingerprint density at radius 2 is 1.97 bits per heavy atom. The third-order valence-electron chi connectivity index (χ3n) is 4.69. The van der Waals surface area contributed by atoms with Gasteiger partial charge in [0, 0.05) is 25.2 Å². The van der Waals surface area contributed by atoms with E-state index in [4.69, 9.17) is 16.1 Å². The standard InChI is InChI=1S/C24H21ClN4O2/c1-16(30)27-13-12-26-15-17-10-11-20-22(14-17)31-29-24(20)28-21-9-5-8-19(23(21)25)18-6-3-2-4-7-18/h2-11,14-15H,12-13H2,1H3,(H,27,30)(H,28,29). The molecule has 6 nitrogen and oxygen atoms in total. The zero-order chi connectivity index (χ0) is 21.6. The van der Waals surface area contributed by atoms with Crippen molar-refractivity contribution in [2.24, 2.45) is 4.99 Å². The van der Waals surface area contributed by atoms with Crippen molar-refractivity contribution in [3.63, 3.8) is 0 Å². The highest BCUT2D eigenvalue weighted by Gasteiger charge is 2.13. The van der Waals surface area contributed by atoms with Gasteiger partial charge in [-0.25, -0.2) is 0 Å². The topological polar surface area (TPSA) is 79.5 Å². The van der Waals surface area contributed by atoms with Gasteiger partial charge in [0.25, 0.3) is 0 Å². The first-order valence-electron chi connectivity index (χ1n) is 9.86. The lowest BCUT2D eigenvalue weighted by Crippen LogP contribution is -2.22. The largest absolute Gasteiger partial charge is 0.354 e. The van der Waals surface area contributed by atoms with Crippen LogP contribution in [0, 0.1) is 0 Å². The number of nitrogens with one attached hydrogen (secondary N) is 2. The molecular formula is C24H21ClN4O2. The first-order chi connectivity index (χ1) is 15.1. The normalized spacial score (nSPS) is 11.2. The summed E-state index contributed by atoms with van der Waals surface area (Å²) >= 11 is 6.67. The van der Waals surface area contributed by atoms with Gasteiger partial charge in [0.05, 0.1) is 22.6 Å². The van der Waals surface area contributed by atoms with Crippen molar-refractivity contribution < 1.29 is 9.32 Å². The number of fused-ring (bicyclic) bond motifs is 1. The molecule has 2 N–H and O–H groups in total. The Hall–Kier alpha value is -3.64. The molecule has 0 fully saturated rings. The molecule has 156 valence electrons. The third-order valence-corrected chi connectivity index (χ3v) is 5.10. The fourth-order valence-corrected chi connectivity index (χ4v) is 3.47. The fraction of sp³-hybridized carbons (Fsp3) is 0.125. The van der Waals surface area contributed by atoms with Crippen LogP contribution in [-0.2, 0) is 4.79 Å². The molecule has 0 unspecified atom stereocenters. The number of carbonyl (C=O) groups excluding carboxylic acids is 1. The smallest absolute Gasteiger partial charge is 0.216 e. The minimum Gasteiger partial charge on any atom is -0.354 e. The zero-order valence-electron chi connectivity index (χ0n) is 16.9. The van der Waals surface area contributed by atoms with Gasteiger partial charge in [0.2, 0.25) is 5.91 Å². The van der Waals surface area contributed by atoms with Crippen LogP contribution < -0.4 is 10.6 Å². The van der Waals surface area contributed by atoms with Crippen LogP contribution in [0.3, 0.4) is 0 Å². The van der Waals surface area contributed by atoms with Crippen LogP contribution in [0.5, 0.6) is 0 Å². The van der Waals surface area contributed by atoms with Crippen molar-refractivity contribution in [1.29, 1.82) is 0 Å². The summed E-state index contributed by atoms with van der Waals surface area (Å²) in [6.07, 6.45) is 1.75. The Balaban J connectivity index is 1.52. The summed E-state index contributed by atoms with van der Waals surface area (Å²) in [4.78, 5) is 15.2. The summed E-state index contributed by atoms with van der Waals surface area (Å²) in [5.41, 5.74) is 4.27. The van der Waals surface area contributed by atoms with Gasteiger partial charge >= 0.3 is 0 Å². The van der Waals surface area contributed by atoms with E-state index in [0.29, 0.717) is 29.5 Å². The number of nitrogens with zero attached hydrogens (tertiary/aromatic N) is 2. The summed E-state index contributed by atoms with van der Waals surface area (Å²) in [5.74, 6) is 0.531. The molecule has 0 saturated heterocycles. The molecule has 0 aliphatic rings. The first-order valence-corrected chi connectivity index (χ1v) is 10.2. The second-order valence-electron chi connectivity index (χ2n) is 6.96. The highest BCUT2D eigenvalue weighted by Crippen LogP contribution is 2.36. The fourth-order valence-electron chi connectivity index (χ4n) is 3.19. The minimum atomic E-state index is -0.0623. The molecule has 1 heterocycles. The molecule has 7 heteroatoms. The molecule has 4 aromatic rings. The van der Waals surface area contributed by atoms with E-state index < -0.39 is 0 Å². The number of benzene rings is 3. The molecule has 0 aliphatic carbocycles. The van der Waals surface area contributed by atoms with E-state index in [1.165, 1.54) is 6.92 Å². The Labute approximate surface area is 184 Å². The first kappa shape index (κ1) is 20.6. The maximum absolute atomic E-state index is 10.9. The molecule has 31 heavy (non-hydrogen) atoms. The highest BCUT2D eigenvalue weighted by atomic mass is 35.5. The molecule has 0 aliphatic heterocycles. The number of aliphatic imine (C=N–C) groups is 1. The van der Waals surface area contributed by atoms with Crippen molar-refractivity contribution in [2.45, 2.75) is 6.92 Å². The maximum atomic E-state index is 10.9. The SMILES string of the molecule is CC(=O)NCCN=Cc1ccc2c(Nc3cccc(-c4ccccc4)c3Cl)noc2c1. The van der Waals surface area contributed by atoms with Gasteiger partial charge in [0.1, 0.15) is 0 Å². The van der Waals surface area contributed by atoms with Crippen molar-refractivity contribution in [3.05, 3.63) is 77.3 Å². The van der Waals surface area contributed by atoms with E-state index in [-0.39, 0.29) is 5.91 Å². The summed E-state index contributed by atoms with van der Waals surface area (Å²) < 4.78 is 5.50. The molecule has 0 spiro atoms. The third kappa shape index (κ3) is 4.92. The number of carbonyl (C=O) groups is 1. The number of aromatic nitrogens is 1. The van der Waals surface area contributed by atoms with E-state index in [1.807, 2.05) is 66.7 Å². The predicted molar refractivity (Wildman–Crippen MR) is 125 cm³/mol. The number of hydrogen-bond donors (Lipinski definition) is 2. The lowest BCUT2D eigenvalue weighted by Gasteiger charge is -2.10. The number of halogens is 1. The molecule has 1 amide bonds. The average Bonchev–Trinajstić information content (AvgIpc) is 3.17. The van der Waals surface area contributed by atoms with E-state index in [1.54, 1.807) is 6.21 Å². The van der Waals surface area contributed by atoms with Gasteiger partial charge in [-0.2, -0.15) is 0 Å². The van der Waals surface area contributed by atoms with E-state index >= 15 is 0 Å². The van der Waals surface area contributed by atoms with E-state index in [0.717, 1.165) is 27.8 Å². The monoisotopic (exact) mass is 432 g/mol. The molecule has 0 radical (unpaired) electrons. The molecule has 0 bridgehead atoms. The summed E-state index contributed by atoms with van der Waals surface area (Å²) in [6, 6.07) is 21.6. The van der Waals surface area contributed by atoms with Crippen LogP contribution >= 0.6 is 11.6 Å². The van der Waals surface area contributed by atoms with Gasteiger partial charge in [-0.3, -0.25) is 9.79 Å². The van der Waals surface area contributed by atoms with E-state index in [9.17, 15) is 4.79 Å². The van der Waals surface area contributed by atoms with Crippen LogP contribution in [0.15, 0.2) is 76.2 Å². The maximum Gasteiger partial charge on any atom is 0.216 e. The summed E-state index contributed by atoms with van der Waals surface area (Å²) in [5, 5.41) is 11.6. The van der Waals surface area contributed by atoms with Gasteiger partial charge in [-0.15, -0.1) is 0 Å². The van der Waals surface area contributed by atoms with Crippen LogP contribution in [0.2, 0.25) is 5.02 Å². The van der Waals surface area contributed by atoms with Crippen molar-refractivity contribution in [2.75, 3.05) is 18.4 Å². The average molecular weight is 433 g/mol. The van der Waals surface area contributed by atoms with Crippen LogP contribution in [0.1, 0.15) is 12.5 Å². The van der Waals surface area contributed by atoms with Gasteiger partial charge in [0.15, 0.2) is 11.4 Å². The molecular weight excluding hydrogens is 412 g/mol. The number of rotatable bonds is 7. The highest BCUT2D eigenvalue weighted by molar-refractivity contribution is 6.36. The van der Waals surface area contributed by atoms with Gasteiger partial charge in [-0.05, 0) is 29.3 Å². The van der Waals surface area contributed by atoms with Crippen molar-refractivity contribution in [3.8, 4) is 11.1 Å². The molecule has 0 atom stereocenters. The Kier molecular flexibility index (Phi) is 6.29. The summed E-state index contributed by atoms with van der Waals surface area (Å²) in [6.45, 7) is 2.50. The van der Waals surface area contributed by atoms with Crippen LogP contribution in [0.25, 0.3) is 22.1 Å². The second kappa shape index (κ2) is 9.45. The van der Waals surface area contributed by atoms with Gasteiger partial charge in [-0.1, -0.05) is 65.3 Å². The van der Waals surface area contributed by atoms with Crippen LogP contribution in [0.4, 0.5) is 11.5 Å².